The van der Waals surface area contributed by atoms with Gasteiger partial charge in [-0.2, -0.15) is 10.2 Å². The number of benzene rings is 3. The van der Waals surface area contributed by atoms with E-state index in [1.807, 2.05) is 118 Å². The normalized spacial score (nSPS) is 19.7. The first-order valence-electron chi connectivity index (χ1n) is 12.0. The number of hydrogen-bond donors (Lipinski definition) is 0. The predicted octanol–water partition coefficient (Wildman–Crippen LogP) is 4.91. The van der Waals surface area contributed by atoms with Crippen molar-refractivity contribution in [1.29, 1.82) is 0 Å². The van der Waals surface area contributed by atoms with Gasteiger partial charge in [0.25, 0.3) is 11.8 Å². The predicted molar refractivity (Wildman–Crippen MR) is 145 cm³/mol. The average molecular weight is 480 g/mol. The van der Waals surface area contributed by atoms with Crippen LogP contribution in [-0.2, 0) is 9.59 Å². The molecule has 7 heteroatoms. The highest BCUT2D eigenvalue weighted by atomic mass is 16.2. The fraction of sp³-hybridized carbons (Fsp3) is 0.241. The quantitative estimate of drug-likeness (QED) is 0.504. The highest BCUT2D eigenvalue weighted by Gasteiger charge is 2.50. The second-order valence-corrected chi connectivity index (χ2v) is 9.42. The molecule has 3 aromatic rings. The van der Waals surface area contributed by atoms with Gasteiger partial charge >= 0.3 is 0 Å². The van der Waals surface area contributed by atoms with Crippen LogP contribution in [0.25, 0.3) is 0 Å². The van der Waals surface area contributed by atoms with Crippen molar-refractivity contribution in [3.8, 4) is 0 Å². The van der Waals surface area contributed by atoms with Crippen LogP contribution in [0.15, 0.2) is 95.1 Å². The zero-order valence-corrected chi connectivity index (χ0v) is 20.9. The third kappa shape index (κ3) is 4.06. The van der Waals surface area contributed by atoms with Crippen LogP contribution >= 0.6 is 0 Å². The summed E-state index contributed by atoms with van der Waals surface area (Å²) in [6.07, 6.45) is 0. The maximum atomic E-state index is 13.9. The van der Waals surface area contributed by atoms with Crippen molar-refractivity contribution in [1.82, 2.24) is 0 Å². The third-order valence-electron chi connectivity index (χ3n) is 6.88. The van der Waals surface area contributed by atoms with Crippen molar-refractivity contribution >= 4 is 40.3 Å². The van der Waals surface area contributed by atoms with Gasteiger partial charge in [0.1, 0.15) is 0 Å². The van der Waals surface area contributed by atoms with Crippen LogP contribution in [0.3, 0.4) is 0 Å². The lowest BCUT2D eigenvalue weighted by Crippen LogP contribution is -2.40. The van der Waals surface area contributed by atoms with Crippen LogP contribution < -0.4 is 14.9 Å². The molecule has 0 saturated heterocycles. The van der Waals surface area contributed by atoms with Crippen LogP contribution in [0.1, 0.15) is 25.3 Å². The van der Waals surface area contributed by atoms with E-state index >= 15 is 0 Å². The number of hydrogen-bond acceptors (Lipinski definition) is 5. The van der Waals surface area contributed by atoms with Crippen molar-refractivity contribution in [2.45, 2.75) is 19.8 Å². The molecule has 2 aliphatic heterocycles. The number of nitrogens with zero attached hydrogens (tertiary/aromatic N) is 5. The lowest BCUT2D eigenvalue weighted by Gasteiger charge is -2.29. The summed E-state index contributed by atoms with van der Waals surface area (Å²) >= 11 is 0. The number of anilines is 3. The molecule has 182 valence electrons. The molecule has 0 fully saturated rings. The van der Waals surface area contributed by atoms with Gasteiger partial charge in [-0.05, 0) is 55.8 Å². The molecule has 2 amide bonds. The Morgan fingerprint density at radius 3 is 1.47 bits per heavy atom. The summed E-state index contributed by atoms with van der Waals surface area (Å²) in [7, 11) is 3.97. The molecule has 0 aliphatic carbocycles. The van der Waals surface area contributed by atoms with Crippen molar-refractivity contribution in [2.75, 3.05) is 29.0 Å². The highest BCUT2D eigenvalue weighted by Crippen LogP contribution is 2.42. The second kappa shape index (κ2) is 9.41. The molecule has 0 N–H and O–H groups in total. The second-order valence-electron chi connectivity index (χ2n) is 9.42. The Kier molecular flexibility index (Phi) is 6.14. The fourth-order valence-corrected chi connectivity index (χ4v) is 5.07. The Morgan fingerprint density at radius 1 is 0.667 bits per heavy atom. The molecule has 0 bridgehead atoms. The van der Waals surface area contributed by atoms with E-state index in [2.05, 4.69) is 10.2 Å². The molecule has 2 atom stereocenters. The molecule has 2 aliphatic rings. The first kappa shape index (κ1) is 23.5. The van der Waals surface area contributed by atoms with Crippen LogP contribution in [0.4, 0.5) is 17.1 Å². The molecule has 5 rings (SSSR count). The zero-order valence-electron chi connectivity index (χ0n) is 20.9. The van der Waals surface area contributed by atoms with Gasteiger partial charge in [0.2, 0.25) is 0 Å². The van der Waals surface area contributed by atoms with Gasteiger partial charge in [-0.15, -0.1) is 0 Å². The maximum Gasteiger partial charge on any atom is 0.256 e. The SMILES string of the molecule is CC1=NN(c2ccccc2)C(=O)[C@H]1C(c1ccc(N(C)C)cc1)[C@@H]1C(=O)N(c2ccccc2)N=C1C. The first-order valence-corrected chi connectivity index (χ1v) is 12.0. The molecular formula is C29H29N5O2. The van der Waals surface area contributed by atoms with E-state index < -0.39 is 17.8 Å². The van der Waals surface area contributed by atoms with Gasteiger partial charge in [0.15, 0.2) is 0 Å². The summed E-state index contributed by atoms with van der Waals surface area (Å²) in [5, 5.41) is 12.2. The average Bonchev–Trinajstić information content (AvgIpc) is 3.36. The van der Waals surface area contributed by atoms with Crippen LogP contribution in [-0.4, -0.2) is 37.3 Å². The molecule has 0 radical (unpaired) electrons. The first-order chi connectivity index (χ1) is 17.4. The Bertz CT molecular complexity index is 1250. The number of carbonyl (C=O) groups is 2. The van der Waals surface area contributed by atoms with Gasteiger partial charge < -0.3 is 4.90 Å². The number of rotatable bonds is 6. The van der Waals surface area contributed by atoms with Gasteiger partial charge in [0.05, 0.1) is 23.2 Å². The summed E-state index contributed by atoms with van der Waals surface area (Å²) in [5.41, 5.74) is 4.74. The van der Waals surface area contributed by atoms with Crippen molar-refractivity contribution in [2.24, 2.45) is 22.0 Å². The van der Waals surface area contributed by atoms with Gasteiger partial charge in [-0.3, -0.25) is 9.59 Å². The van der Waals surface area contributed by atoms with Crippen molar-refractivity contribution in [3.05, 3.63) is 90.5 Å². The molecule has 0 unspecified atom stereocenters. The maximum absolute atomic E-state index is 13.9. The Hall–Kier alpha value is -4.26. The van der Waals surface area contributed by atoms with E-state index in [1.54, 1.807) is 0 Å². The van der Waals surface area contributed by atoms with Crippen molar-refractivity contribution < 1.29 is 9.59 Å². The Balaban J connectivity index is 1.57. The summed E-state index contributed by atoms with van der Waals surface area (Å²) in [5.74, 6) is -1.91. The largest absolute Gasteiger partial charge is 0.378 e. The van der Waals surface area contributed by atoms with E-state index in [0.717, 1.165) is 11.3 Å². The van der Waals surface area contributed by atoms with E-state index in [1.165, 1.54) is 10.0 Å². The lowest BCUT2D eigenvalue weighted by atomic mass is 9.73. The summed E-state index contributed by atoms with van der Waals surface area (Å²) in [4.78, 5) is 29.8. The van der Waals surface area contributed by atoms with E-state index in [0.29, 0.717) is 22.8 Å². The zero-order chi connectivity index (χ0) is 25.4. The Labute approximate surface area is 211 Å². The van der Waals surface area contributed by atoms with Gasteiger partial charge in [0, 0.05) is 37.1 Å². The van der Waals surface area contributed by atoms with E-state index in [9.17, 15) is 9.59 Å². The molecular weight excluding hydrogens is 450 g/mol. The standard InChI is InChI=1S/C29H29N5O2/c1-19-25(28(35)33(30-19)23-11-7-5-8-12-23)27(21-15-17-22(18-16-21)32(3)4)26-20(2)31-34(29(26)36)24-13-9-6-10-14-24/h5-18,25-27H,1-4H3/t25-,26-/m1/s1. The minimum atomic E-state index is -0.592. The minimum Gasteiger partial charge on any atom is -0.378 e. The van der Waals surface area contributed by atoms with Crippen LogP contribution in [0.2, 0.25) is 0 Å². The molecule has 0 saturated carbocycles. The molecule has 36 heavy (non-hydrogen) atoms. The number of carbonyl (C=O) groups excluding carboxylic acids is 2. The molecule has 2 heterocycles. The summed E-state index contributed by atoms with van der Waals surface area (Å²) in [6, 6.07) is 26.9. The van der Waals surface area contributed by atoms with E-state index in [-0.39, 0.29) is 11.8 Å². The number of amides is 2. The van der Waals surface area contributed by atoms with Crippen LogP contribution in [0, 0.1) is 11.8 Å². The smallest absolute Gasteiger partial charge is 0.256 e. The highest BCUT2D eigenvalue weighted by molar-refractivity contribution is 6.19. The topological polar surface area (TPSA) is 68.6 Å². The van der Waals surface area contributed by atoms with Crippen molar-refractivity contribution in [3.63, 3.8) is 0 Å². The van der Waals surface area contributed by atoms with Gasteiger partial charge in [-0.1, -0.05) is 48.5 Å². The number of para-hydroxylation sites is 2. The minimum absolute atomic E-state index is 0.140. The van der Waals surface area contributed by atoms with Crippen LogP contribution in [0.5, 0.6) is 0 Å². The number of hydrazone groups is 2. The summed E-state index contributed by atoms with van der Waals surface area (Å²) < 4.78 is 0. The molecule has 3 aromatic carbocycles. The molecule has 0 spiro atoms. The third-order valence-corrected chi connectivity index (χ3v) is 6.88. The molecule has 7 nitrogen and oxygen atoms in total. The molecule has 0 aromatic heterocycles. The lowest BCUT2D eigenvalue weighted by molar-refractivity contribution is -0.122. The van der Waals surface area contributed by atoms with Gasteiger partial charge in [-0.25, -0.2) is 10.0 Å². The summed E-state index contributed by atoms with van der Waals surface area (Å²) in [6.45, 7) is 3.74. The van der Waals surface area contributed by atoms with E-state index in [4.69, 9.17) is 0 Å². The monoisotopic (exact) mass is 479 g/mol. The fourth-order valence-electron chi connectivity index (χ4n) is 5.07. The Morgan fingerprint density at radius 2 is 1.08 bits per heavy atom.